The minimum atomic E-state index is -3.42. The lowest BCUT2D eigenvalue weighted by molar-refractivity contribution is -0.116. The Morgan fingerprint density at radius 2 is 1.74 bits per heavy atom. The van der Waals surface area contributed by atoms with Gasteiger partial charge in [0.2, 0.25) is 15.9 Å². The van der Waals surface area contributed by atoms with E-state index >= 15 is 0 Å². The van der Waals surface area contributed by atoms with E-state index in [9.17, 15) is 17.6 Å². The first-order valence-corrected chi connectivity index (χ1v) is 12.3. The summed E-state index contributed by atoms with van der Waals surface area (Å²) in [4.78, 5) is 16.9. The Bertz CT molecular complexity index is 1150. The third-order valence-corrected chi connectivity index (χ3v) is 7.83. The average Bonchev–Trinajstić information content (AvgIpc) is 3.46. The molecule has 9 heteroatoms. The van der Waals surface area contributed by atoms with Crippen molar-refractivity contribution >= 4 is 32.4 Å². The summed E-state index contributed by atoms with van der Waals surface area (Å²) in [5.41, 5.74) is 2.35. The quantitative estimate of drug-likeness (QED) is 0.571. The second-order valence-electron chi connectivity index (χ2n) is 7.35. The first-order chi connectivity index (χ1) is 14.9. The molecule has 1 fully saturated rings. The molecule has 1 aliphatic rings. The zero-order chi connectivity index (χ0) is 21.8. The summed E-state index contributed by atoms with van der Waals surface area (Å²) >= 11 is 1.31. The summed E-state index contributed by atoms with van der Waals surface area (Å²) in [5, 5.41) is 5.07. The van der Waals surface area contributed by atoms with Crippen LogP contribution in [0.5, 0.6) is 0 Å². The van der Waals surface area contributed by atoms with Crippen LogP contribution in [0.3, 0.4) is 0 Å². The number of carbonyl (C=O) groups is 1. The minimum Gasteiger partial charge on any atom is -0.302 e. The highest BCUT2D eigenvalue weighted by atomic mass is 32.2. The van der Waals surface area contributed by atoms with E-state index in [0.29, 0.717) is 35.2 Å². The molecule has 2 aromatic carbocycles. The molecule has 31 heavy (non-hydrogen) atoms. The van der Waals surface area contributed by atoms with Crippen molar-refractivity contribution in [3.63, 3.8) is 0 Å². The van der Waals surface area contributed by atoms with Gasteiger partial charge < -0.3 is 5.32 Å². The van der Waals surface area contributed by atoms with Crippen LogP contribution in [0.1, 0.15) is 24.8 Å². The van der Waals surface area contributed by atoms with Crippen LogP contribution in [0.2, 0.25) is 0 Å². The zero-order valence-corrected chi connectivity index (χ0v) is 18.4. The fourth-order valence-corrected chi connectivity index (χ4v) is 5.68. The Morgan fingerprint density at radius 3 is 2.42 bits per heavy atom. The largest absolute Gasteiger partial charge is 0.302 e. The summed E-state index contributed by atoms with van der Waals surface area (Å²) in [6, 6.07) is 12.8. The summed E-state index contributed by atoms with van der Waals surface area (Å²) in [6.07, 6.45) is 2.55. The normalized spacial score (nSPS) is 14.6. The molecule has 2 heterocycles. The van der Waals surface area contributed by atoms with Crippen molar-refractivity contribution in [2.45, 2.75) is 30.6 Å². The predicted molar refractivity (Wildman–Crippen MR) is 119 cm³/mol. The maximum atomic E-state index is 13.0. The molecular formula is C22H22FN3O3S2. The number of rotatable bonds is 7. The van der Waals surface area contributed by atoms with Gasteiger partial charge >= 0.3 is 0 Å². The van der Waals surface area contributed by atoms with Crippen LogP contribution in [0.15, 0.2) is 58.8 Å². The fourth-order valence-electron chi connectivity index (χ4n) is 3.43. The lowest BCUT2D eigenvalue weighted by Gasteiger charge is -2.15. The highest BCUT2D eigenvalue weighted by Crippen LogP contribution is 2.25. The van der Waals surface area contributed by atoms with Gasteiger partial charge in [-0.3, -0.25) is 4.79 Å². The number of anilines is 1. The maximum absolute atomic E-state index is 13.0. The molecule has 1 saturated heterocycles. The smallest absolute Gasteiger partial charge is 0.243 e. The molecule has 1 aromatic heterocycles. The average molecular weight is 460 g/mol. The van der Waals surface area contributed by atoms with Gasteiger partial charge in [-0.1, -0.05) is 12.1 Å². The molecule has 162 valence electrons. The molecule has 1 aliphatic heterocycles. The molecule has 4 rings (SSSR count). The number of thiazole rings is 1. The number of halogens is 1. The van der Waals surface area contributed by atoms with Crippen LogP contribution in [-0.2, 0) is 21.2 Å². The molecule has 1 amide bonds. The molecule has 0 saturated carbocycles. The Labute approximate surface area is 184 Å². The number of carbonyl (C=O) groups excluding carboxylic acids is 1. The fraction of sp³-hybridized carbons (Fsp3) is 0.273. The van der Waals surface area contributed by atoms with Crippen LogP contribution in [0.25, 0.3) is 11.3 Å². The standard InChI is InChI=1S/C22H22FN3O3S2/c23-18-8-6-17(7-9-18)20-15-30-22(24-20)25-21(27)12-5-16-3-10-19(11-4-16)31(28,29)26-13-1-2-14-26/h3-4,6-11,15H,1-2,5,12-14H2,(H,24,25,27). The van der Waals surface area contributed by atoms with Crippen molar-refractivity contribution in [2.75, 3.05) is 18.4 Å². The Kier molecular flexibility index (Phi) is 6.45. The van der Waals surface area contributed by atoms with E-state index in [1.165, 1.54) is 27.8 Å². The third-order valence-electron chi connectivity index (χ3n) is 5.16. The van der Waals surface area contributed by atoms with Crippen molar-refractivity contribution < 1.29 is 17.6 Å². The lowest BCUT2D eigenvalue weighted by atomic mass is 10.1. The van der Waals surface area contributed by atoms with Crippen LogP contribution in [-0.4, -0.2) is 36.7 Å². The Hall–Kier alpha value is -2.62. The van der Waals surface area contributed by atoms with Gasteiger partial charge in [0.25, 0.3) is 0 Å². The van der Waals surface area contributed by atoms with Gasteiger partial charge in [-0.15, -0.1) is 11.3 Å². The van der Waals surface area contributed by atoms with E-state index in [4.69, 9.17) is 0 Å². The van der Waals surface area contributed by atoms with E-state index in [1.54, 1.807) is 36.4 Å². The number of hydrogen-bond donors (Lipinski definition) is 1. The predicted octanol–water partition coefficient (Wildman–Crippen LogP) is 4.31. The number of nitrogens with zero attached hydrogens (tertiary/aromatic N) is 2. The minimum absolute atomic E-state index is 0.172. The number of amides is 1. The number of aryl methyl sites for hydroxylation is 1. The molecule has 3 aromatic rings. The molecular weight excluding hydrogens is 437 g/mol. The van der Waals surface area contributed by atoms with Crippen LogP contribution in [0.4, 0.5) is 9.52 Å². The highest BCUT2D eigenvalue weighted by Gasteiger charge is 2.26. The van der Waals surface area contributed by atoms with E-state index in [2.05, 4.69) is 10.3 Å². The highest BCUT2D eigenvalue weighted by molar-refractivity contribution is 7.89. The van der Waals surface area contributed by atoms with E-state index in [-0.39, 0.29) is 18.1 Å². The molecule has 0 bridgehead atoms. The first-order valence-electron chi connectivity index (χ1n) is 10.0. The van der Waals surface area contributed by atoms with Crippen LogP contribution < -0.4 is 5.32 Å². The van der Waals surface area contributed by atoms with E-state index in [1.807, 2.05) is 5.38 Å². The Morgan fingerprint density at radius 1 is 1.06 bits per heavy atom. The van der Waals surface area contributed by atoms with Gasteiger partial charge in [0.05, 0.1) is 10.6 Å². The maximum Gasteiger partial charge on any atom is 0.243 e. The molecule has 0 aliphatic carbocycles. The monoisotopic (exact) mass is 459 g/mol. The second kappa shape index (κ2) is 9.25. The first kappa shape index (κ1) is 21.6. The van der Waals surface area contributed by atoms with E-state index < -0.39 is 10.0 Å². The summed E-state index contributed by atoms with van der Waals surface area (Å²) in [5.74, 6) is -0.483. The van der Waals surface area contributed by atoms with Crippen molar-refractivity contribution in [3.05, 3.63) is 65.3 Å². The van der Waals surface area contributed by atoms with Crippen molar-refractivity contribution in [1.82, 2.24) is 9.29 Å². The third kappa shape index (κ3) is 5.17. The number of hydrogen-bond acceptors (Lipinski definition) is 5. The number of benzene rings is 2. The van der Waals surface area contributed by atoms with Gasteiger partial charge in [-0.05, 0) is 61.2 Å². The summed E-state index contributed by atoms with van der Waals surface area (Å²) in [6.45, 7) is 1.15. The van der Waals surface area contributed by atoms with Gasteiger partial charge in [-0.25, -0.2) is 17.8 Å². The zero-order valence-electron chi connectivity index (χ0n) is 16.8. The topological polar surface area (TPSA) is 79.4 Å². The number of sulfonamides is 1. The molecule has 0 radical (unpaired) electrons. The molecule has 0 spiro atoms. The van der Waals surface area contributed by atoms with Crippen molar-refractivity contribution in [3.8, 4) is 11.3 Å². The second-order valence-corrected chi connectivity index (χ2v) is 10.1. The van der Waals surface area contributed by atoms with Gasteiger partial charge in [0.15, 0.2) is 5.13 Å². The molecule has 0 unspecified atom stereocenters. The summed E-state index contributed by atoms with van der Waals surface area (Å²) in [7, 11) is -3.42. The van der Waals surface area contributed by atoms with Crippen molar-refractivity contribution in [2.24, 2.45) is 0 Å². The lowest BCUT2D eigenvalue weighted by Crippen LogP contribution is -2.27. The SMILES string of the molecule is O=C(CCc1ccc(S(=O)(=O)N2CCCC2)cc1)Nc1nc(-c2ccc(F)cc2)cs1. The van der Waals surface area contributed by atoms with Crippen molar-refractivity contribution in [1.29, 1.82) is 0 Å². The number of nitrogens with one attached hydrogen (secondary N) is 1. The van der Waals surface area contributed by atoms with Gasteiger partial charge in [0, 0.05) is 30.5 Å². The summed E-state index contributed by atoms with van der Waals surface area (Å²) < 4.78 is 39.7. The van der Waals surface area contributed by atoms with Crippen LogP contribution >= 0.6 is 11.3 Å². The molecule has 1 N–H and O–H groups in total. The molecule has 0 atom stereocenters. The van der Waals surface area contributed by atoms with Crippen LogP contribution in [0, 0.1) is 5.82 Å². The Balaban J connectivity index is 1.31. The van der Waals surface area contributed by atoms with Gasteiger partial charge in [0.1, 0.15) is 5.82 Å². The number of aromatic nitrogens is 1. The van der Waals surface area contributed by atoms with E-state index in [0.717, 1.165) is 24.0 Å². The van der Waals surface area contributed by atoms with Gasteiger partial charge in [-0.2, -0.15) is 4.31 Å². The molecule has 6 nitrogen and oxygen atoms in total.